The van der Waals surface area contributed by atoms with E-state index >= 15 is 0 Å². The smallest absolute Gasteiger partial charge is 0.0665 e. The first-order valence-electron chi connectivity index (χ1n) is 22.0. The van der Waals surface area contributed by atoms with E-state index in [4.69, 9.17) is 4.99 Å². The van der Waals surface area contributed by atoms with Crippen molar-refractivity contribution in [2.75, 3.05) is 0 Å². The lowest BCUT2D eigenvalue weighted by Crippen LogP contribution is -2.01. The number of aliphatic imine (C=N–C) groups is 1. The molecule has 1 nitrogen and oxygen atoms in total. The largest absolute Gasteiger partial charge is 0.253 e. The Labute approximate surface area is 365 Å². The number of rotatable bonds is 12. The molecule has 0 N–H and O–H groups in total. The van der Waals surface area contributed by atoms with Crippen molar-refractivity contribution in [1.29, 1.82) is 0 Å². The van der Waals surface area contributed by atoms with Crippen LogP contribution >= 0.6 is 0 Å². The van der Waals surface area contributed by atoms with Gasteiger partial charge in [0.25, 0.3) is 0 Å². The van der Waals surface area contributed by atoms with Crippen LogP contribution in [0.1, 0.15) is 117 Å². The highest BCUT2D eigenvalue weighted by Gasteiger charge is 2.08. The van der Waals surface area contributed by atoms with Crippen molar-refractivity contribution >= 4 is 23.1 Å². The molecule has 0 bridgehead atoms. The molecule has 6 rings (SSSR count). The molecule has 0 aliphatic carbocycles. The van der Waals surface area contributed by atoms with E-state index in [2.05, 4.69) is 208 Å². The molecular weight excluding hydrogens is 723 g/mol. The first kappa shape index (κ1) is 48.6. The molecule has 0 unspecified atom stereocenters. The predicted octanol–water partition coefficient (Wildman–Crippen LogP) is 17.3. The Bertz CT molecular complexity index is 2220. The Hall–Kier alpha value is -5.79. The summed E-state index contributed by atoms with van der Waals surface area (Å²) in [6.45, 7) is 25.6. The Morgan fingerprint density at radius 1 is 0.583 bits per heavy atom. The number of hydrogen-bond acceptors (Lipinski definition) is 1. The molecule has 0 aromatic heterocycles. The zero-order chi connectivity index (χ0) is 43.7. The third-order valence-corrected chi connectivity index (χ3v) is 9.95. The first-order chi connectivity index (χ1) is 29.0. The summed E-state index contributed by atoms with van der Waals surface area (Å²) >= 11 is 0. The van der Waals surface area contributed by atoms with Gasteiger partial charge < -0.3 is 0 Å². The van der Waals surface area contributed by atoms with Crippen LogP contribution in [0.15, 0.2) is 175 Å². The third kappa shape index (κ3) is 17.2. The molecule has 0 fully saturated rings. The molecule has 0 atom stereocenters. The SMILES string of the molecule is C=C(C)c1ccc(CCC)cc1.CC/C=C(/N=C(CCC)c1ccccc1)c1ccccc1.Cc1cc(-c2ccccc2C)c(C)cc1/C=C\C(C)C.Cc1ccccc1. The van der Waals surface area contributed by atoms with Gasteiger partial charge in [0, 0.05) is 5.71 Å². The Kier molecular flexibility index (Phi) is 21.9. The second kappa shape index (κ2) is 27.1. The molecule has 60 heavy (non-hydrogen) atoms. The molecule has 1 heteroatoms. The van der Waals surface area contributed by atoms with Gasteiger partial charge in [-0.2, -0.15) is 0 Å². The van der Waals surface area contributed by atoms with E-state index in [1.54, 1.807) is 0 Å². The van der Waals surface area contributed by atoms with E-state index in [1.165, 1.54) is 79.8 Å². The lowest BCUT2D eigenvalue weighted by molar-refractivity contribution is 0.836. The predicted molar refractivity (Wildman–Crippen MR) is 269 cm³/mol. The van der Waals surface area contributed by atoms with Crippen LogP contribution in [0.25, 0.3) is 28.5 Å². The normalized spacial score (nSPS) is 11.2. The van der Waals surface area contributed by atoms with Crippen LogP contribution in [0.5, 0.6) is 0 Å². The third-order valence-electron chi connectivity index (χ3n) is 9.95. The average molecular weight is 794 g/mol. The summed E-state index contributed by atoms with van der Waals surface area (Å²) in [4.78, 5) is 4.97. The lowest BCUT2D eigenvalue weighted by atomic mass is 9.92. The Balaban J connectivity index is 0.000000228. The minimum atomic E-state index is 0.589. The molecule has 312 valence electrons. The van der Waals surface area contributed by atoms with Gasteiger partial charge in [0.15, 0.2) is 0 Å². The Morgan fingerprint density at radius 2 is 1.15 bits per heavy atom. The summed E-state index contributed by atoms with van der Waals surface area (Å²) in [5, 5.41) is 0. The van der Waals surface area contributed by atoms with Crippen LogP contribution in [0.4, 0.5) is 0 Å². The van der Waals surface area contributed by atoms with E-state index in [9.17, 15) is 0 Å². The fourth-order valence-corrected chi connectivity index (χ4v) is 6.57. The van der Waals surface area contributed by atoms with E-state index in [1.807, 2.05) is 37.3 Å². The summed E-state index contributed by atoms with van der Waals surface area (Å²) < 4.78 is 0. The number of benzene rings is 6. The number of hydrogen-bond donors (Lipinski definition) is 0. The van der Waals surface area contributed by atoms with Crippen LogP contribution < -0.4 is 0 Å². The summed E-state index contributed by atoms with van der Waals surface area (Å²) in [6.07, 6.45) is 12.2. The maximum Gasteiger partial charge on any atom is 0.0665 e. The van der Waals surface area contributed by atoms with Gasteiger partial charge >= 0.3 is 0 Å². The fraction of sp³-hybridized carbons (Fsp3) is 0.271. The quantitative estimate of drug-likeness (QED) is 0.109. The number of allylic oxidation sites excluding steroid dienone is 3. The molecule has 0 aliphatic heterocycles. The van der Waals surface area contributed by atoms with Gasteiger partial charge in [0.1, 0.15) is 0 Å². The summed E-state index contributed by atoms with van der Waals surface area (Å²) in [6, 6.07) is 53.1. The molecule has 0 amide bonds. The van der Waals surface area contributed by atoms with Crippen LogP contribution in [0.2, 0.25) is 0 Å². The maximum absolute atomic E-state index is 4.97. The molecular formula is C59H71N. The minimum Gasteiger partial charge on any atom is -0.253 e. The van der Waals surface area contributed by atoms with Crippen molar-refractivity contribution < 1.29 is 0 Å². The van der Waals surface area contributed by atoms with Crippen molar-refractivity contribution in [3.05, 3.63) is 220 Å². The maximum atomic E-state index is 4.97. The van der Waals surface area contributed by atoms with Crippen LogP contribution in [-0.2, 0) is 6.42 Å². The second-order valence-electron chi connectivity index (χ2n) is 15.9. The van der Waals surface area contributed by atoms with Gasteiger partial charge in [-0.05, 0) is 115 Å². The molecule has 0 heterocycles. The fourth-order valence-electron chi connectivity index (χ4n) is 6.57. The highest BCUT2D eigenvalue weighted by Crippen LogP contribution is 2.30. The lowest BCUT2D eigenvalue weighted by Gasteiger charge is -2.13. The van der Waals surface area contributed by atoms with Crippen LogP contribution in [-0.4, -0.2) is 5.71 Å². The van der Waals surface area contributed by atoms with Gasteiger partial charge in [-0.1, -0.05) is 235 Å². The van der Waals surface area contributed by atoms with Crippen LogP contribution in [0, 0.1) is 33.6 Å². The van der Waals surface area contributed by atoms with E-state index in [0.29, 0.717) is 5.92 Å². The monoisotopic (exact) mass is 794 g/mol. The van der Waals surface area contributed by atoms with Gasteiger partial charge in [-0.3, -0.25) is 4.99 Å². The van der Waals surface area contributed by atoms with Crippen molar-refractivity contribution in [2.24, 2.45) is 10.9 Å². The average Bonchev–Trinajstić information content (AvgIpc) is 3.25. The molecule has 6 aromatic carbocycles. The topological polar surface area (TPSA) is 12.4 Å². The standard InChI is InChI=1S/C20H23N.C20H24.C12H16.C7H8/c1-3-11-19(17-13-7-5-8-14-17)21-20(12-4-2)18-15-9-6-10-16-18;1-14(2)10-11-18-12-17(5)20(13-16(18)4)19-9-7-6-8-15(19)3;1-4-5-11-6-8-12(9-7-11)10(2)3;1-7-5-3-2-4-6-7/h5-11,13-16H,3-4,12H2,1-2H3;6-14H,1-5H3;6-9H,2,4-5H2,1,3H3;2-6H,1H3/b19-11+,21-20?;11-10-;;. The van der Waals surface area contributed by atoms with Gasteiger partial charge in [0.05, 0.1) is 5.70 Å². The zero-order valence-electron chi connectivity index (χ0n) is 38.4. The molecule has 6 aromatic rings. The summed E-state index contributed by atoms with van der Waals surface area (Å²) in [5.41, 5.74) is 17.8. The summed E-state index contributed by atoms with van der Waals surface area (Å²) in [7, 11) is 0. The molecule has 0 aliphatic rings. The minimum absolute atomic E-state index is 0.589. The molecule has 0 saturated carbocycles. The molecule has 0 spiro atoms. The Morgan fingerprint density at radius 3 is 1.65 bits per heavy atom. The van der Waals surface area contributed by atoms with Gasteiger partial charge in [-0.25, -0.2) is 0 Å². The number of aryl methyl sites for hydroxylation is 5. The van der Waals surface area contributed by atoms with Gasteiger partial charge in [-0.15, -0.1) is 0 Å². The van der Waals surface area contributed by atoms with Crippen molar-refractivity contribution in [3.63, 3.8) is 0 Å². The highest BCUT2D eigenvalue weighted by molar-refractivity contribution is 6.03. The second-order valence-corrected chi connectivity index (χ2v) is 15.9. The molecule has 0 radical (unpaired) electrons. The number of nitrogens with zero attached hydrogens (tertiary/aromatic N) is 1. The van der Waals surface area contributed by atoms with E-state index in [-0.39, 0.29) is 0 Å². The van der Waals surface area contributed by atoms with E-state index < -0.39 is 0 Å². The molecule has 0 saturated heterocycles. The van der Waals surface area contributed by atoms with Crippen molar-refractivity contribution in [2.45, 2.75) is 101 Å². The van der Waals surface area contributed by atoms with E-state index in [0.717, 1.165) is 30.5 Å². The van der Waals surface area contributed by atoms with Gasteiger partial charge in [0.2, 0.25) is 0 Å². The van der Waals surface area contributed by atoms with Crippen molar-refractivity contribution in [1.82, 2.24) is 0 Å². The highest BCUT2D eigenvalue weighted by atomic mass is 14.8. The van der Waals surface area contributed by atoms with Crippen LogP contribution in [0.3, 0.4) is 0 Å². The first-order valence-corrected chi connectivity index (χ1v) is 22.0. The summed E-state index contributed by atoms with van der Waals surface area (Å²) in [5.74, 6) is 0.589. The zero-order valence-corrected chi connectivity index (χ0v) is 38.4. The van der Waals surface area contributed by atoms with Crippen molar-refractivity contribution in [3.8, 4) is 11.1 Å².